The van der Waals surface area contributed by atoms with Crippen LogP contribution in [0, 0.1) is 6.92 Å². The number of ether oxygens (including phenoxy) is 1. The molecule has 1 atom stereocenters. The van der Waals surface area contributed by atoms with E-state index >= 15 is 0 Å². The van der Waals surface area contributed by atoms with E-state index < -0.39 is 12.0 Å². The number of carbonyl (C=O) groups is 1. The van der Waals surface area contributed by atoms with Gasteiger partial charge in [-0.3, -0.25) is 9.69 Å². The van der Waals surface area contributed by atoms with Gasteiger partial charge in [0, 0.05) is 6.54 Å². The van der Waals surface area contributed by atoms with Crippen molar-refractivity contribution >= 4 is 21.9 Å². The van der Waals surface area contributed by atoms with Crippen molar-refractivity contribution in [3.8, 4) is 16.9 Å². The van der Waals surface area contributed by atoms with Crippen LogP contribution in [0.3, 0.4) is 0 Å². The summed E-state index contributed by atoms with van der Waals surface area (Å²) in [6, 6.07) is 22.3. The van der Waals surface area contributed by atoms with Crippen LogP contribution in [-0.4, -0.2) is 28.6 Å². The van der Waals surface area contributed by atoms with Gasteiger partial charge in [-0.05, 0) is 82.2 Å². The lowest BCUT2D eigenvalue weighted by Gasteiger charge is -2.32. The first-order valence-corrected chi connectivity index (χ1v) is 11.8. The highest BCUT2D eigenvalue weighted by molar-refractivity contribution is 9.10. The normalized spacial score (nSPS) is 16.6. The lowest BCUT2D eigenvalue weighted by atomic mass is 9.97. The van der Waals surface area contributed by atoms with Crippen molar-refractivity contribution in [3.63, 3.8) is 0 Å². The highest BCUT2D eigenvalue weighted by atomic mass is 79.9. The summed E-state index contributed by atoms with van der Waals surface area (Å²) in [7, 11) is 0. The van der Waals surface area contributed by atoms with E-state index in [9.17, 15) is 9.90 Å². The first-order chi connectivity index (χ1) is 15.5. The number of rotatable bonds is 7. The van der Waals surface area contributed by atoms with Gasteiger partial charge in [0.15, 0.2) is 0 Å². The van der Waals surface area contributed by atoms with Gasteiger partial charge < -0.3 is 9.84 Å². The Labute approximate surface area is 198 Å². The minimum atomic E-state index is -0.725. The maximum Gasteiger partial charge on any atom is 0.320 e. The summed E-state index contributed by atoms with van der Waals surface area (Å²) in [4.78, 5) is 13.6. The number of halogens is 1. The fraction of sp³-hybridized carbons (Fsp3) is 0.296. The second-order valence-electron chi connectivity index (χ2n) is 8.33. The molecule has 0 aliphatic carbocycles. The molecule has 0 radical (unpaired) electrons. The van der Waals surface area contributed by atoms with Crippen molar-refractivity contribution in [2.75, 3.05) is 6.54 Å². The quantitative estimate of drug-likeness (QED) is 0.411. The van der Waals surface area contributed by atoms with Crippen molar-refractivity contribution in [2.45, 2.75) is 45.4 Å². The van der Waals surface area contributed by atoms with E-state index in [1.807, 2.05) is 24.3 Å². The molecule has 0 amide bonds. The number of hydrogen-bond donors (Lipinski definition) is 1. The lowest BCUT2D eigenvalue weighted by Crippen LogP contribution is -2.43. The second kappa shape index (κ2) is 10.3. The first-order valence-electron chi connectivity index (χ1n) is 11.0. The zero-order chi connectivity index (χ0) is 22.5. The SMILES string of the molecule is Cc1c(COc2ccc(CN3CCCC[C@@H]3C(=O)O)cc2Br)cccc1-c1ccccc1. The minimum Gasteiger partial charge on any atom is -0.488 e. The highest BCUT2D eigenvalue weighted by Gasteiger charge is 2.28. The summed E-state index contributed by atoms with van der Waals surface area (Å²) in [5.41, 5.74) is 5.88. The molecule has 1 saturated heterocycles. The predicted molar refractivity (Wildman–Crippen MR) is 131 cm³/mol. The molecular formula is C27H28BrNO3. The number of aliphatic carboxylic acids is 1. The Hall–Kier alpha value is -2.63. The minimum absolute atomic E-state index is 0.390. The Kier molecular flexibility index (Phi) is 7.28. The number of carboxylic acids is 1. The van der Waals surface area contributed by atoms with E-state index in [-0.39, 0.29) is 0 Å². The molecule has 1 heterocycles. The average molecular weight is 494 g/mol. The monoisotopic (exact) mass is 493 g/mol. The van der Waals surface area contributed by atoms with E-state index in [2.05, 4.69) is 70.2 Å². The molecule has 0 unspecified atom stereocenters. The molecule has 0 spiro atoms. The molecule has 1 aliphatic heterocycles. The number of nitrogens with zero attached hydrogens (tertiary/aromatic N) is 1. The predicted octanol–water partition coefficient (Wildman–Crippen LogP) is 6.44. The van der Waals surface area contributed by atoms with Crippen LogP contribution in [-0.2, 0) is 17.9 Å². The molecule has 3 aromatic carbocycles. The molecule has 0 bridgehead atoms. The van der Waals surface area contributed by atoms with Gasteiger partial charge in [-0.15, -0.1) is 0 Å². The third kappa shape index (κ3) is 5.22. The average Bonchev–Trinajstić information content (AvgIpc) is 2.80. The molecular weight excluding hydrogens is 466 g/mol. The van der Waals surface area contributed by atoms with E-state index in [0.717, 1.165) is 47.2 Å². The molecule has 32 heavy (non-hydrogen) atoms. The van der Waals surface area contributed by atoms with E-state index in [1.165, 1.54) is 16.7 Å². The molecule has 5 heteroatoms. The van der Waals surface area contributed by atoms with Gasteiger partial charge in [-0.25, -0.2) is 0 Å². The van der Waals surface area contributed by atoms with Gasteiger partial charge in [0.2, 0.25) is 0 Å². The molecule has 4 rings (SSSR count). The third-order valence-electron chi connectivity index (χ3n) is 6.19. The Morgan fingerprint density at radius 3 is 2.66 bits per heavy atom. The van der Waals surface area contributed by atoms with Gasteiger partial charge >= 0.3 is 5.97 Å². The van der Waals surface area contributed by atoms with Gasteiger partial charge in [0.1, 0.15) is 18.4 Å². The first kappa shape index (κ1) is 22.6. The number of piperidine rings is 1. The maximum absolute atomic E-state index is 11.6. The summed E-state index contributed by atoms with van der Waals surface area (Å²) in [6.07, 6.45) is 2.75. The van der Waals surface area contributed by atoms with Crippen LogP contribution in [0.1, 0.15) is 36.0 Å². The summed E-state index contributed by atoms with van der Waals surface area (Å²) in [6.45, 7) is 4.08. The van der Waals surface area contributed by atoms with Gasteiger partial charge in [0.25, 0.3) is 0 Å². The van der Waals surface area contributed by atoms with Crippen molar-refractivity contribution in [2.24, 2.45) is 0 Å². The maximum atomic E-state index is 11.6. The van der Waals surface area contributed by atoms with Gasteiger partial charge in [-0.2, -0.15) is 0 Å². The molecule has 166 valence electrons. The summed E-state index contributed by atoms with van der Waals surface area (Å²) in [5.74, 6) is 0.0588. The number of likely N-dealkylation sites (tertiary alicyclic amines) is 1. The Bertz CT molecular complexity index is 1080. The van der Waals surface area contributed by atoms with Gasteiger partial charge in [-0.1, -0.05) is 61.0 Å². The van der Waals surface area contributed by atoms with Crippen LogP contribution in [0.25, 0.3) is 11.1 Å². The van der Waals surface area contributed by atoms with Crippen molar-refractivity contribution in [1.29, 1.82) is 0 Å². The molecule has 1 aliphatic rings. The molecule has 4 nitrogen and oxygen atoms in total. The van der Waals surface area contributed by atoms with Gasteiger partial charge in [0.05, 0.1) is 4.47 Å². The van der Waals surface area contributed by atoms with Crippen LogP contribution in [0.4, 0.5) is 0 Å². The van der Waals surface area contributed by atoms with E-state index in [0.29, 0.717) is 13.2 Å². The highest BCUT2D eigenvalue weighted by Crippen LogP contribution is 2.30. The van der Waals surface area contributed by atoms with Crippen LogP contribution in [0.15, 0.2) is 71.2 Å². The summed E-state index contributed by atoms with van der Waals surface area (Å²) >= 11 is 3.64. The number of benzene rings is 3. The Balaban J connectivity index is 1.44. The van der Waals surface area contributed by atoms with Crippen LogP contribution >= 0.6 is 15.9 Å². The van der Waals surface area contributed by atoms with E-state index in [1.54, 1.807) is 0 Å². The fourth-order valence-electron chi connectivity index (χ4n) is 4.38. The third-order valence-corrected chi connectivity index (χ3v) is 6.81. The van der Waals surface area contributed by atoms with Crippen molar-refractivity contribution in [3.05, 3.63) is 87.9 Å². The largest absolute Gasteiger partial charge is 0.488 e. The molecule has 1 fully saturated rings. The zero-order valence-electron chi connectivity index (χ0n) is 18.3. The summed E-state index contributed by atoms with van der Waals surface area (Å²) < 4.78 is 7.03. The standard InChI is InChI=1S/C27H28BrNO3/c1-19-22(10-7-11-23(19)21-8-3-2-4-9-21)18-32-26-14-13-20(16-24(26)28)17-29-15-6-5-12-25(29)27(30)31/h2-4,7-11,13-14,16,25H,5-6,12,15,17-18H2,1H3,(H,30,31)/t25-/m1/s1. The second-order valence-corrected chi connectivity index (χ2v) is 9.18. The van der Waals surface area contributed by atoms with Crippen LogP contribution in [0.5, 0.6) is 5.75 Å². The Morgan fingerprint density at radius 2 is 1.91 bits per heavy atom. The number of hydrogen-bond acceptors (Lipinski definition) is 3. The van der Waals surface area contributed by atoms with Crippen LogP contribution in [0.2, 0.25) is 0 Å². The molecule has 3 aromatic rings. The van der Waals surface area contributed by atoms with Crippen LogP contribution < -0.4 is 4.74 Å². The number of carboxylic acid groups (broad SMARTS) is 1. The lowest BCUT2D eigenvalue weighted by molar-refractivity contribution is -0.144. The molecule has 0 aromatic heterocycles. The molecule has 0 saturated carbocycles. The van der Waals surface area contributed by atoms with E-state index in [4.69, 9.17) is 4.74 Å². The smallest absolute Gasteiger partial charge is 0.320 e. The summed E-state index contributed by atoms with van der Waals surface area (Å²) in [5, 5.41) is 9.51. The zero-order valence-corrected chi connectivity index (χ0v) is 19.8. The van der Waals surface area contributed by atoms with Crippen molar-refractivity contribution < 1.29 is 14.6 Å². The van der Waals surface area contributed by atoms with Crippen molar-refractivity contribution in [1.82, 2.24) is 4.90 Å². The molecule has 1 N–H and O–H groups in total. The topological polar surface area (TPSA) is 49.8 Å². The Morgan fingerprint density at radius 1 is 1.09 bits per heavy atom. The fourth-order valence-corrected chi connectivity index (χ4v) is 4.92.